The molecule has 0 saturated carbocycles. The van der Waals surface area contributed by atoms with Gasteiger partial charge in [-0.3, -0.25) is 11.2 Å². The number of rotatable bonds is 4. The second kappa shape index (κ2) is 5.48. The lowest BCUT2D eigenvalue weighted by Crippen LogP contribution is -2.45. The zero-order valence-corrected chi connectivity index (χ0v) is 7.95. The minimum absolute atomic E-state index is 0.302. The van der Waals surface area contributed by atoms with Crippen LogP contribution in [0.15, 0.2) is 17.9 Å². The topological polar surface area (TPSA) is 53.6 Å². The van der Waals surface area contributed by atoms with E-state index in [1.165, 1.54) is 0 Å². The molecule has 4 nitrogen and oxygen atoms in total. The van der Waals surface area contributed by atoms with Crippen molar-refractivity contribution in [3.63, 3.8) is 0 Å². The molecule has 0 aromatic carbocycles. The smallest absolute Gasteiger partial charge is 0.167 e. The molecule has 0 aliphatic heterocycles. The molecule has 5 heteroatoms. The van der Waals surface area contributed by atoms with Gasteiger partial charge in [0.2, 0.25) is 0 Å². The van der Waals surface area contributed by atoms with Crippen LogP contribution in [0.3, 0.4) is 0 Å². The summed E-state index contributed by atoms with van der Waals surface area (Å²) in [5, 5.41) is 3.74. The van der Waals surface area contributed by atoms with Crippen molar-refractivity contribution in [1.29, 1.82) is 0 Å². The quantitative estimate of drug-likeness (QED) is 0.328. The van der Waals surface area contributed by atoms with E-state index in [-0.39, 0.29) is 6.29 Å². The van der Waals surface area contributed by atoms with Crippen LogP contribution in [0.1, 0.15) is 0 Å². The fourth-order valence-corrected chi connectivity index (χ4v) is 0.470. The standard InChI is InChI=1S/C5H11IN4/c1-3-10(2)5(7)9-8-4-6/h3-5,9H,1,7H2,2H3/b8-4+. The second-order valence-electron chi connectivity index (χ2n) is 1.65. The molecule has 58 valence electrons. The highest BCUT2D eigenvalue weighted by molar-refractivity contribution is 14.1. The Morgan fingerprint density at radius 3 is 2.90 bits per heavy atom. The molecular weight excluding hydrogens is 243 g/mol. The van der Waals surface area contributed by atoms with E-state index in [1.807, 2.05) is 29.6 Å². The van der Waals surface area contributed by atoms with Gasteiger partial charge in [-0.05, 0) is 28.8 Å². The summed E-state index contributed by atoms with van der Waals surface area (Å²) in [6, 6.07) is 0. The summed E-state index contributed by atoms with van der Waals surface area (Å²) in [5.74, 6) is 0. The molecule has 0 radical (unpaired) electrons. The minimum Gasteiger partial charge on any atom is -0.348 e. The normalized spacial score (nSPS) is 13.1. The Labute approximate surface area is 74.3 Å². The van der Waals surface area contributed by atoms with E-state index in [0.717, 1.165) is 0 Å². The molecule has 0 aliphatic rings. The lowest BCUT2D eigenvalue weighted by atomic mass is 10.7. The van der Waals surface area contributed by atoms with Gasteiger partial charge in [0.05, 0.1) is 4.22 Å². The summed E-state index contributed by atoms with van der Waals surface area (Å²) >= 11 is 2.00. The molecular formula is C5H11IN4. The van der Waals surface area contributed by atoms with Crippen molar-refractivity contribution in [2.45, 2.75) is 6.29 Å². The molecule has 0 amide bonds. The van der Waals surface area contributed by atoms with Gasteiger partial charge < -0.3 is 4.90 Å². The zero-order chi connectivity index (χ0) is 7.98. The van der Waals surface area contributed by atoms with E-state index in [4.69, 9.17) is 5.73 Å². The number of nitrogens with one attached hydrogen (secondary N) is 1. The number of hydrogen-bond donors (Lipinski definition) is 2. The molecule has 0 heterocycles. The molecule has 0 saturated heterocycles. The summed E-state index contributed by atoms with van der Waals surface area (Å²) < 4.78 is 1.61. The molecule has 0 fully saturated rings. The second-order valence-corrected chi connectivity index (χ2v) is 2.21. The number of halogens is 1. The Bertz CT molecular complexity index is 125. The molecule has 10 heavy (non-hydrogen) atoms. The Balaban J connectivity index is 3.60. The maximum atomic E-state index is 5.54. The van der Waals surface area contributed by atoms with Crippen LogP contribution in [0.25, 0.3) is 0 Å². The van der Waals surface area contributed by atoms with Crippen LogP contribution in [-0.2, 0) is 0 Å². The van der Waals surface area contributed by atoms with Gasteiger partial charge in [0.15, 0.2) is 6.29 Å². The maximum Gasteiger partial charge on any atom is 0.167 e. The molecule has 0 rings (SSSR count). The first-order valence-electron chi connectivity index (χ1n) is 2.69. The van der Waals surface area contributed by atoms with Crippen LogP contribution in [-0.4, -0.2) is 22.5 Å². The summed E-state index contributed by atoms with van der Waals surface area (Å²) in [6.07, 6.45) is 1.32. The van der Waals surface area contributed by atoms with Crippen molar-refractivity contribution in [1.82, 2.24) is 10.3 Å². The molecule has 3 N–H and O–H groups in total. The van der Waals surface area contributed by atoms with Crippen molar-refractivity contribution in [3.05, 3.63) is 12.8 Å². The van der Waals surface area contributed by atoms with Crippen molar-refractivity contribution in [2.24, 2.45) is 10.8 Å². The van der Waals surface area contributed by atoms with Crippen LogP contribution in [0.2, 0.25) is 0 Å². The van der Waals surface area contributed by atoms with Gasteiger partial charge >= 0.3 is 0 Å². The van der Waals surface area contributed by atoms with Crippen molar-refractivity contribution < 1.29 is 0 Å². The molecule has 1 atom stereocenters. The summed E-state index contributed by atoms with van der Waals surface area (Å²) in [6.45, 7) is 3.54. The van der Waals surface area contributed by atoms with Gasteiger partial charge in [0.25, 0.3) is 0 Å². The predicted molar refractivity (Wildman–Crippen MR) is 51.6 cm³/mol. The number of hydrazone groups is 1. The first kappa shape index (κ1) is 9.70. The van der Waals surface area contributed by atoms with Gasteiger partial charge in [-0.15, -0.1) is 0 Å². The molecule has 0 aromatic heterocycles. The Morgan fingerprint density at radius 1 is 1.90 bits per heavy atom. The fourth-order valence-electron chi connectivity index (χ4n) is 0.309. The fraction of sp³-hybridized carbons (Fsp3) is 0.400. The third kappa shape index (κ3) is 3.67. The first-order chi connectivity index (χ1) is 4.72. The van der Waals surface area contributed by atoms with E-state index in [0.29, 0.717) is 0 Å². The van der Waals surface area contributed by atoms with Gasteiger partial charge in [0.1, 0.15) is 0 Å². The SMILES string of the molecule is C=CN(C)C(N)N/N=C/I. The highest BCUT2D eigenvalue weighted by Crippen LogP contribution is 1.83. The molecule has 0 aromatic rings. The van der Waals surface area contributed by atoms with Crippen LogP contribution in [0, 0.1) is 0 Å². The van der Waals surface area contributed by atoms with E-state index in [2.05, 4.69) is 17.1 Å². The number of nitrogens with zero attached hydrogens (tertiary/aromatic N) is 2. The molecule has 0 aliphatic carbocycles. The molecule has 1 unspecified atom stereocenters. The largest absolute Gasteiger partial charge is 0.348 e. The summed E-state index contributed by atoms with van der Waals surface area (Å²) in [4.78, 5) is 1.71. The molecule has 0 bridgehead atoms. The first-order valence-corrected chi connectivity index (χ1v) is 3.94. The Morgan fingerprint density at radius 2 is 2.50 bits per heavy atom. The third-order valence-electron chi connectivity index (χ3n) is 0.982. The lowest BCUT2D eigenvalue weighted by Gasteiger charge is -2.20. The van der Waals surface area contributed by atoms with E-state index in [1.54, 1.807) is 15.3 Å². The van der Waals surface area contributed by atoms with Gasteiger partial charge in [-0.2, -0.15) is 5.10 Å². The van der Waals surface area contributed by atoms with Crippen molar-refractivity contribution >= 4 is 26.8 Å². The van der Waals surface area contributed by atoms with Crippen LogP contribution in [0.4, 0.5) is 0 Å². The van der Waals surface area contributed by atoms with E-state index >= 15 is 0 Å². The Kier molecular flexibility index (Phi) is 5.32. The average Bonchev–Trinajstić information content (AvgIpc) is 1.98. The number of nitrogens with two attached hydrogens (primary N) is 1. The average molecular weight is 254 g/mol. The number of hydrogen-bond acceptors (Lipinski definition) is 4. The summed E-state index contributed by atoms with van der Waals surface area (Å²) in [5.41, 5.74) is 8.22. The van der Waals surface area contributed by atoms with Crippen molar-refractivity contribution in [3.8, 4) is 0 Å². The zero-order valence-electron chi connectivity index (χ0n) is 5.79. The van der Waals surface area contributed by atoms with Crippen LogP contribution < -0.4 is 11.2 Å². The summed E-state index contributed by atoms with van der Waals surface area (Å²) in [7, 11) is 1.81. The molecule has 0 spiro atoms. The van der Waals surface area contributed by atoms with Gasteiger partial charge in [-0.1, -0.05) is 6.58 Å². The lowest BCUT2D eigenvalue weighted by molar-refractivity contribution is 0.289. The predicted octanol–water partition coefficient (Wildman–Crippen LogP) is 0.272. The third-order valence-corrected chi connectivity index (χ3v) is 1.26. The van der Waals surface area contributed by atoms with Gasteiger partial charge in [0, 0.05) is 7.05 Å². The minimum atomic E-state index is -0.302. The van der Waals surface area contributed by atoms with Crippen LogP contribution in [0.5, 0.6) is 0 Å². The van der Waals surface area contributed by atoms with Crippen LogP contribution >= 0.6 is 22.6 Å². The maximum absolute atomic E-state index is 5.54. The monoisotopic (exact) mass is 254 g/mol. The van der Waals surface area contributed by atoms with E-state index < -0.39 is 0 Å². The van der Waals surface area contributed by atoms with E-state index in [9.17, 15) is 0 Å². The van der Waals surface area contributed by atoms with Crippen molar-refractivity contribution in [2.75, 3.05) is 7.05 Å². The highest BCUT2D eigenvalue weighted by atomic mass is 127. The Hall–Kier alpha value is -0.300. The van der Waals surface area contributed by atoms with Gasteiger partial charge in [-0.25, -0.2) is 0 Å². The highest BCUT2D eigenvalue weighted by Gasteiger charge is 1.99.